The topological polar surface area (TPSA) is 43.7 Å². The molecule has 0 amide bonds. The van der Waals surface area contributed by atoms with Crippen molar-refractivity contribution >= 4 is 17.8 Å². The van der Waals surface area contributed by atoms with Crippen molar-refractivity contribution in [3.63, 3.8) is 0 Å². The number of nitrogens with zero attached hydrogens (tertiary/aromatic N) is 2. The molecule has 2 aliphatic rings. The second kappa shape index (κ2) is 5.29. The van der Waals surface area contributed by atoms with Crippen LogP contribution in [0.3, 0.4) is 0 Å². The van der Waals surface area contributed by atoms with Gasteiger partial charge >= 0.3 is 0 Å². The Bertz CT molecular complexity index is 743. The van der Waals surface area contributed by atoms with Crippen LogP contribution in [0.5, 0.6) is 11.5 Å². The van der Waals surface area contributed by atoms with E-state index in [9.17, 15) is 0 Å². The maximum Gasteiger partial charge on any atom is 0.174 e. The molecule has 0 saturated carbocycles. The number of halogens is 1. The van der Waals surface area contributed by atoms with Crippen LogP contribution in [0.25, 0.3) is 0 Å². The number of ether oxygens (including phenoxy) is 2. The van der Waals surface area contributed by atoms with Gasteiger partial charge in [0.05, 0.1) is 16.8 Å². The van der Waals surface area contributed by atoms with Crippen molar-refractivity contribution in [1.29, 1.82) is 0 Å². The lowest BCUT2D eigenvalue weighted by atomic mass is 9.95. The number of rotatable bonds is 1. The Morgan fingerprint density at radius 3 is 2.95 bits per heavy atom. The summed E-state index contributed by atoms with van der Waals surface area (Å²) >= 11 is 5.90. The predicted octanol–water partition coefficient (Wildman–Crippen LogP) is 3.94. The molecule has 0 spiro atoms. The Hall–Kier alpha value is -2.07. The van der Waals surface area contributed by atoms with Crippen molar-refractivity contribution in [2.24, 2.45) is 4.99 Å². The zero-order valence-corrected chi connectivity index (χ0v) is 12.9. The van der Waals surface area contributed by atoms with Gasteiger partial charge in [0, 0.05) is 24.4 Å². The quantitative estimate of drug-likeness (QED) is 0.801. The molecule has 0 bridgehead atoms. The molecule has 22 heavy (non-hydrogen) atoms. The molecule has 2 aromatic rings. The molecule has 2 unspecified atom stereocenters. The van der Waals surface area contributed by atoms with E-state index < -0.39 is 0 Å². The van der Waals surface area contributed by atoms with Crippen molar-refractivity contribution in [3.05, 3.63) is 52.3 Å². The number of pyridine rings is 1. The number of hydrogen-bond donors (Lipinski definition) is 0. The van der Waals surface area contributed by atoms with E-state index in [1.807, 2.05) is 24.4 Å². The summed E-state index contributed by atoms with van der Waals surface area (Å²) in [4.78, 5) is 8.83. The molecule has 0 saturated heterocycles. The van der Waals surface area contributed by atoms with E-state index in [0.29, 0.717) is 11.6 Å². The van der Waals surface area contributed by atoms with Crippen molar-refractivity contribution in [2.45, 2.75) is 25.5 Å². The van der Waals surface area contributed by atoms with Crippen molar-refractivity contribution in [2.75, 3.05) is 6.61 Å². The smallest absolute Gasteiger partial charge is 0.174 e. The van der Waals surface area contributed by atoms with Gasteiger partial charge in [0.2, 0.25) is 0 Å². The minimum atomic E-state index is -0.227. The van der Waals surface area contributed by atoms with Crippen LogP contribution < -0.4 is 9.47 Å². The fourth-order valence-electron chi connectivity index (χ4n) is 2.94. The largest absolute Gasteiger partial charge is 0.485 e. The second-order valence-electron chi connectivity index (χ2n) is 5.50. The first-order valence-corrected chi connectivity index (χ1v) is 7.68. The molecule has 3 heterocycles. The van der Waals surface area contributed by atoms with Crippen LogP contribution in [0.15, 0.2) is 35.5 Å². The van der Waals surface area contributed by atoms with Gasteiger partial charge in [-0.2, -0.15) is 0 Å². The lowest BCUT2D eigenvalue weighted by molar-refractivity contribution is 0.0864. The molecule has 0 radical (unpaired) electrons. The minimum Gasteiger partial charge on any atom is -0.485 e. The van der Waals surface area contributed by atoms with Gasteiger partial charge < -0.3 is 9.47 Å². The predicted molar refractivity (Wildman–Crippen MR) is 85.2 cm³/mol. The maximum absolute atomic E-state index is 6.22. The number of fused-ring (bicyclic) bond motifs is 3. The molecular formula is C17H15ClN2O2. The van der Waals surface area contributed by atoms with E-state index in [1.54, 1.807) is 6.20 Å². The second-order valence-corrected chi connectivity index (χ2v) is 5.93. The summed E-state index contributed by atoms with van der Waals surface area (Å²) in [6.45, 7) is 2.51. The molecule has 5 heteroatoms. The summed E-state index contributed by atoms with van der Waals surface area (Å²) < 4.78 is 12.1. The third-order valence-corrected chi connectivity index (χ3v) is 4.26. The summed E-state index contributed by atoms with van der Waals surface area (Å²) in [5, 5.41) is 0.612. The summed E-state index contributed by atoms with van der Waals surface area (Å²) in [5.74, 6) is 1.59. The van der Waals surface area contributed by atoms with Crippen LogP contribution in [-0.4, -0.2) is 17.8 Å². The SMILES string of the molecule is CC1N=CCc2ccc3c(c21)OC(c1ccc(Cl)cn1)CO3. The Balaban J connectivity index is 1.72. The Morgan fingerprint density at radius 1 is 1.23 bits per heavy atom. The van der Waals surface area contributed by atoms with E-state index in [4.69, 9.17) is 21.1 Å². The number of benzene rings is 1. The Labute approximate surface area is 133 Å². The molecule has 2 aliphatic heterocycles. The number of aliphatic imine (C=N–C) groups is 1. The Kier molecular flexibility index (Phi) is 3.26. The first-order valence-electron chi connectivity index (χ1n) is 7.30. The van der Waals surface area contributed by atoms with E-state index in [2.05, 4.69) is 23.0 Å². The third kappa shape index (κ3) is 2.24. The van der Waals surface area contributed by atoms with Crippen LogP contribution >= 0.6 is 11.6 Å². The Morgan fingerprint density at radius 2 is 2.14 bits per heavy atom. The molecule has 4 nitrogen and oxygen atoms in total. The normalized spacial score (nSPS) is 22.3. The molecular weight excluding hydrogens is 300 g/mol. The van der Waals surface area contributed by atoms with Crippen LogP contribution in [0, 0.1) is 0 Å². The average molecular weight is 315 g/mol. The van der Waals surface area contributed by atoms with Gasteiger partial charge in [-0.15, -0.1) is 0 Å². The lowest BCUT2D eigenvalue weighted by Crippen LogP contribution is -2.24. The molecule has 2 atom stereocenters. The van der Waals surface area contributed by atoms with E-state index >= 15 is 0 Å². The highest BCUT2D eigenvalue weighted by molar-refractivity contribution is 6.30. The fraction of sp³-hybridized carbons (Fsp3) is 0.294. The first-order chi connectivity index (χ1) is 10.7. The molecule has 4 rings (SSSR count). The first kappa shape index (κ1) is 13.6. The number of hydrogen-bond acceptors (Lipinski definition) is 4. The van der Waals surface area contributed by atoms with Gasteiger partial charge in [-0.25, -0.2) is 0 Å². The van der Waals surface area contributed by atoms with Crippen LogP contribution in [0.4, 0.5) is 0 Å². The highest BCUT2D eigenvalue weighted by atomic mass is 35.5. The van der Waals surface area contributed by atoms with Gasteiger partial charge in [-0.05, 0) is 30.7 Å². The lowest BCUT2D eigenvalue weighted by Gasteiger charge is -2.30. The van der Waals surface area contributed by atoms with Crippen molar-refractivity contribution in [3.8, 4) is 11.5 Å². The fourth-order valence-corrected chi connectivity index (χ4v) is 3.05. The van der Waals surface area contributed by atoms with E-state index in [1.165, 1.54) is 5.56 Å². The van der Waals surface area contributed by atoms with E-state index in [-0.39, 0.29) is 12.1 Å². The zero-order chi connectivity index (χ0) is 15.1. The highest BCUT2D eigenvalue weighted by Gasteiger charge is 2.29. The molecule has 1 aromatic heterocycles. The van der Waals surface area contributed by atoms with Crippen LogP contribution in [0.1, 0.15) is 35.9 Å². The third-order valence-electron chi connectivity index (χ3n) is 4.04. The summed E-state index contributed by atoms with van der Waals surface area (Å²) in [6.07, 6.45) is 4.19. The molecule has 0 aliphatic carbocycles. The average Bonchev–Trinajstić information content (AvgIpc) is 2.55. The maximum atomic E-state index is 6.22. The van der Waals surface area contributed by atoms with Crippen molar-refractivity contribution in [1.82, 2.24) is 4.98 Å². The standard InChI is InChI=1S/C17H15ClN2O2/c1-10-16-11(6-7-19-10)2-5-14-17(16)22-15(9-21-14)13-4-3-12(18)8-20-13/h2-5,7-8,10,15H,6,9H2,1H3. The van der Waals surface area contributed by atoms with Gasteiger partial charge in [-0.3, -0.25) is 9.98 Å². The van der Waals surface area contributed by atoms with Gasteiger partial charge in [0.15, 0.2) is 17.6 Å². The molecule has 112 valence electrons. The van der Waals surface area contributed by atoms with Crippen molar-refractivity contribution < 1.29 is 9.47 Å². The minimum absolute atomic E-state index is 0.0826. The summed E-state index contributed by atoms with van der Waals surface area (Å²) in [7, 11) is 0. The molecule has 0 N–H and O–H groups in total. The van der Waals surface area contributed by atoms with Gasteiger partial charge in [0.1, 0.15) is 6.61 Å². The van der Waals surface area contributed by atoms with Gasteiger partial charge in [0.25, 0.3) is 0 Å². The zero-order valence-electron chi connectivity index (χ0n) is 12.1. The summed E-state index contributed by atoms with van der Waals surface area (Å²) in [5.41, 5.74) is 3.19. The monoisotopic (exact) mass is 314 g/mol. The number of aromatic nitrogens is 1. The molecule has 0 fully saturated rings. The van der Waals surface area contributed by atoms with E-state index in [0.717, 1.165) is 29.2 Å². The molecule has 1 aromatic carbocycles. The summed E-state index contributed by atoms with van der Waals surface area (Å²) in [6, 6.07) is 7.85. The van der Waals surface area contributed by atoms with Crippen LogP contribution in [0.2, 0.25) is 5.02 Å². The highest BCUT2D eigenvalue weighted by Crippen LogP contribution is 2.44. The van der Waals surface area contributed by atoms with Crippen LogP contribution in [-0.2, 0) is 6.42 Å². The van der Waals surface area contributed by atoms with Gasteiger partial charge in [-0.1, -0.05) is 17.7 Å².